The average Bonchev–Trinajstić information content (AvgIpc) is 3.08. The highest BCUT2D eigenvalue weighted by molar-refractivity contribution is 5.72. The number of nitrogens with zero attached hydrogens (tertiary/aromatic N) is 3. The maximum Gasteiger partial charge on any atom is 0.184 e. The van der Waals surface area contributed by atoms with E-state index in [1.165, 1.54) is 0 Å². The molecular formula is C18H20N4O2. The van der Waals surface area contributed by atoms with Gasteiger partial charge in [0.1, 0.15) is 6.33 Å². The molecule has 0 radical (unpaired) electrons. The van der Waals surface area contributed by atoms with E-state index in [4.69, 9.17) is 15.2 Å². The third kappa shape index (κ3) is 3.72. The van der Waals surface area contributed by atoms with Crippen LogP contribution < -0.4 is 10.5 Å². The maximum atomic E-state index is 5.92. The number of methoxy groups -OCH3 is 1. The summed E-state index contributed by atoms with van der Waals surface area (Å²) in [5.41, 5.74) is 8.42. The van der Waals surface area contributed by atoms with Crippen LogP contribution in [0.4, 0.5) is 5.69 Å². The summed E-state index contributed by atoms with van der Waals surface area (Å²) in [4.78, 5) is 4.33. The lowest BCUT2D eigenvalue weighted by molar-refractivity contribution is 0.111. The molecule has 6 heteroatoms. The van der Waals surface area contributed by atoms with E-state index in [1.54, 1.807) is 24.2 Å². The lowest BCUT2D eigenvalue weighted by Gasteiger charge is -2.08. The first-order valence-corrected chi connectivity index (χ1v) is 7.72. The summed E-state index contributed by atoms with van der Waals surface area (Å²) in [6.07, 6.45) is 1.68. The Kier molecular flexibility index (Phi) is 5.08. The Bertz CT molecular complexity index is 787. The molecule has 0 bridgehead atoms. The Hall–Kier alpha value is -2.86. The third-order valence-electron chi connectivity index (χ3n) is 3.60. The van der Waals surface area contributed by atoms with Crippen LogP contribution in [-0.2, 0) is 17.9 Å². The Morgan fingerprint density at radius 1 is 1.08 bits per heavy atom. The summed E-state index contributed by atoms with van der Waals surface area (Å²) in [5, 5.41) is 4.46. The fourth-order valence-corrected chi connectivity index (χ4v) is 2.41. The number of ether oxygens (including phenoxy) is 2. The van der Waals surface area contributed by atoms with Crippen molar-refractivity contribution in [3.8, 4) is 17.1 Å². The van der Waals surface area contributed by atoms with E-state index in [-0.39, 0.29) is 0 Å². The van der Waals surface area contributed by atoms with Crippen molar-refractivity contribution in [2.45, 2.75) is 13.2 Å². The molecule has 3 aromatic rings. The van der Waals surface area contributed by atoms with Crippen molar-refractivity contribution >= 4 is 5.69 Å². The van der Waals surface area contributed by atoms with Crippen LogP contribution in [0.1, 0.15) is 5.56 Å². The topological polar surface area (TPSA) is 75.2 Å². The number of para-hydroxylation sites is 1. The van der Waals surface area contributed by atoms with Gasteiger partial charge in [0.2, 0.25) is 0 Å². The van der Waals surface area contributed by atoms with Crippen LogP contribution >= 0.6 is 0 Å². The fourth-order valence-electron chi connectivity index (χ4n) is 2.41. The zero-order chi connectivity index (χ0) is 16.8. The van der Waals surface area contributed by atoms with Gasteiger partial charge in [-0.2, -0.15) is 5.10 Å². The van der Waals surface area contributed by atoms with E-state index in [9.17, 15) is 0 Å². The van der Waals surface area contributed by atoms with Crippen molar-refractivity contribution in [2.24, 2.45) is 0 Å². The summed E-state index contributed by atoms with van der Waals surface area (Å²) >= 11 is 0. The molecule has 0 amide bonds. The first kappa shape index (κ1) is 16.0. The minimum absolute atomic E-state index is 0.561. The highest BCUT2D eigenvalue weighted by Gasteiger charge is 2.12. The van der Waals surface area contributed by atoms with Crippen LogP contribution in [0.5, 0.6) is 5.75 Å². The molecule has 0 unspecified atom stereocenters. The lowest BCUT2D eigenvalue weighted by atomic mass is 10.1. The van der Waals surface area contributed by atoms with Gasteiger partial charge < -0.3 is 15.2 Å². The molecular weight excluding hydrogens is 304 g/mol. The Morgan fingerprint density at radius 2 is 1.92 bits per heavy atom. The monoisotopic (exact) mass is 324 g/mol. The van der Waals surface area contributed by atoms with Gasteiger partial charge in [-0.15, -0.1) is 0 Å². The van der Waals surface area contributed by atoms with Crippen molar-refractivity contribution in [1.82, 2.24) is 14.8 Å². The number of aromatic nitrogens is 3. The Labute approximate surface area is 140 Å². The Morgan fingerprint density at radius 3 is 2.71 bits per heavy atom. The zero-order valence-corrected chi connectivity index (χ0v) is 13.6. The van der Waals surface area contributed by atoms with Gasteiger partial charge in [0.25, 0.3) is 0 Å². The highest BCUT2D eigenvalue weighted by Crippen LogP contribution is 2.32. The van der Waals surface area contributed by atoms with Gasteiger partial charge in [0.05, 0.1) is 38.1 Å². The smallest absolute Gasteiger partial charge is 0.184 e. The van der Waals surface area contributed by atoms with Crippen molar-refractivity contribution in [3.05, 3.63) is 60.4 Å². The number of hydrogen-bond acceptors (Lipinski definition) is 5. The number of nitrogens with two attached hydrogens (primary N) is 1. The molecule has 0 atom stereocenters. The zero-order valence-electron chi connectivity index (χ0n) is 13.6. The molecule has 6 nitrogen and oxygen atoms in total. The second kappa shape index (κ2) is 7.61. The third-order valence-corrected chi connectivity index (χ3v) is 3.60. The first-order valence-electron chi connectivity index (χ1n) is 7.72. The molecule has 0 saturated heterocycles. The van der Waals surface area contributed by atoms with Gasteiger partial charge in [-0.05, 0) is 17.7 Å². The lowest BCUT2D eigenvalue weighted by Crippen LogP contribution is -2.06. The maximum absolute atomic E-state index is 5.92. The number of benzene rings is 2. The predicted octanol–water partition coefficient (Wildman–Crippen LogP) is 2.75. The van der Waals surface area contributed by atoms with Gasteiger partial charge in [-0.1, -0.05) is 36.4 Å². The Balaban J connectivity index is 1.59. The van der Waals surface area contributed by atoms with Crippen molar-refractivity contribution in [3.63, 3.8) is 0 Å². The quantitative estimate of drug-likeness (QED) is 0.534. The molecule has 3 rings (SSSR count). The molecule has 124 valence electrons. The molecule has 2 aromatic carbocycles. The molecule has 1 heterocycles. The minimum atomic E-state index is 0.561. The van der Waals surface area contributed by atoms with E-state index in [1.807, 2.05) is 42.5 Å². The van der Waals surface area contributed by atoms with Gasteiger partial charge in [0.15, 0.2) is 11.6 Å². The van der Waals surface area contributed by atoms with E-state index in [2.05, 4.69) is 10.1 Å². The number of hydrogen-bond donors (Lipinski definition) is 1. The standard InChI is InChI=1S/C18H20N4O2/c1-23-17-15(8-5-9-16(17)19)18-20-13-22(21-18)10-11-24-12-14-6-3-2-4-7-14/h2-9,13H,10-12,19H2,1H3. The van der Waals surface area contributed by atoms with Gasteiger partial charge in [-0.3, -0.25) is 4.68 Å². The number of anilines is 1. The minimum Gasteiger partial charge on any atom is -0.494 e. The van der Waals surface area contributed by atoms with Crippen LogP contribution in [0.25, 0.3) is 11.4 Å². The highest BCUT2D eigenvalue weighted by atomic mass is 16.5. The SMILES string of the molecule is COc1c(N)cccc1-c1ncn(CCOCc2ccccc2)n1. The summed E-state index contributed by atoms with van der Waals surface area (Å²) in [6.45, 7) is 1.78. The molecule has 1 aromatic heterocycles. The average molecular weight is 324 g/mol. The van der Waals surface area contributed by atoms with E-state index in [0.29, 0.717) is 37.0 Å². The van der Waals surface area contributed by atoms with Crippen LogP contribution in [0, 0.1) is 0 Å². The van der Waals surface area contributed by atoms with Crippen LogP contribution in [0.3, 0.4) is 0 Å². The molecule has 0 aliphatic carbocycles. The first-order chi connectivity index (χ1) is 11.8. The van der Waals surface area contributed by atoms with Crippen molar-refractivity contribution < 1.29 is 9.47 Å². The van der Waals surface area contributed by atoms with E-state index < -0.39 is 0 Å². The molecule has 0 fully saturated rings. The normalized spacial score (nSPS) is 10.7. The van der Waals surface area contributed by atoms with E-state index >= 15 is 0 Å². The van der Waals surface area contributed by atoms with Gasteiger partial charge in [0, 0.05) is 0 Å². The predicted molar refractivity (Wildman–Crippen MR) is 92.5 cm³/mol. The van der Waals surface area contributed by atoms with Crippen molar-refractivity contribution in [1.29, 1.82) is 0 Å². The molecule has 0 saturated carbocycles. The second-order valence-corrected chi connectivity index (χ2v) is 5.30. The van der Waals surface area contributed by atoms with E-state index in [0.717, 1.165) is 11.1 Å². The largest absolute Gasteiger partial charge is 0.494 e. The number of nitrogen functional groups attached to an aromatic ring is 1. The van der Waals surface area contributed by atoms with Crippen LogP contribution in [-0.4, -0.2) is 28.5 Å². The molecule has 24 heavy (non-hydrogen) atoms. The summed E-state index contributed by atoms with van der Waals surface area (Å²) in [5.74, 6) is 1.18. The van der Waals surface area contributed by atoms with Gasteiger partial charge >= 0.3 is 0 Å². The molecule has 2 N–H and O–H groups in total. The van der Waals surface area contributed by atoms with Gasteiger partial charge in [-0.25, -0.2) is 4.98 Å². The molecule has 0 spiro atoms. The summed E-state index contributed by atoms with van der Waals surface area (Å²) in [7, 11) is 1.59. The van der Waals surface area contributed by atoms with Crippen molar-refractivity contribution in [2.75, 3.05) is 19.5 Å². The second-order valence-electron chi connectivity index (χ2n) is 5.30. The van der Waals surface area contributed by atoms with Crippen LogP contribution in [0.2, 0.25) is 0 Å². The summed E-state index contributed by atoms with van der Waals surface area (Å²) in [6, 6.07) is 15.6. The summed E-state index contributed by atoms with van der Waals surface area (Å²) < 4.78 is 12.8. The van der Waals surface area contributed by atoms with Crippen LogP contribution in [0.15, 0.2) is 54.9 Å². The number of rotatable bonds is 7. The fraction of sp³-hybridized carbons (Fsp3) is 0.222. The molecule has 0 aliphatic heterocycles. The molecule has 0 aliphatic rings.